The fraction of sp³-hybridized carbons (Fsp3) is 0.182. The fourth-order valence-corrected chi connectivity index (χ4v) is 1.42. The van der Waals surface area contributed by atoms with E-state index in [1.807, 2.05) is 6.26 Å². The maximum absolute atomic E-state index is 11.2. The van der Waals surface area contributed by atoms with Crippen LogP contribution in [0.5, 0.6) is 0 Å². The van der Waals surface area contributed by atoms with Gasteiger partial charge in [0, 0.05) is 0 Å². The number of nitrogens with one attached hydrogen (secondary N) is 1. The molecule has 0 amide bonds. The van der Waals surface area contributed by atoms with Crippen LogP contribution in [0.4, 0.5) is 5.69 Å². The van der Waals surface area contributed by atoms with Crippen molar-refractivity contribution in [2.75, 3.05) is 13.4 Å². The summed E-state index contributed by atoms with van der Waals surface area (Å²) >= 11 is 1.33. The summed E-state index contributed by atoms with van der Waals surface area (Å²) < 4.78 is 4.58. The third-order valence-electron chi connectivity index (χ3n) is 1.88. The molecular formula is C11H11N3O2S. The number of thioether (sulfide) groups is 1. The van der Waals surface area contributed by atoms with Crippen molar-refractivity contribution in [2.45, 2.75) is 0 Å². The van der Waals surface area contributed by atoms with Crippen LogP contribution in [0, 0.1) is 11.5 Å². The highest BCUT2D eigenvalue weighted by Gasteiger charge is 2.04. The van der Waals surface area contributed by atoms with Crippen molar-refractivity contribution in [1.82, 2.24) is 5.32 Å². The smallest absolute Gasteiger partial charge is 0.337 e. The predicted molar refractivity (Wildman–Crippen MR) is 67.1 cm³/mol. The molecule has 0 aliphatic heterocycles. The van der Waals surface area contributed by atoms with Gasteiger partial charge in [-0.15, -0.1) is 0 Å². The standard InChI is InChI=1S/C11H11N3O2S/c1-16-10(15)8-3-5-9(6-4-8)14-11(17-2)13-7-12/h3-6H,1-2H3,(H,13,14). The van der Waals surface area contributed by atoms with Crippen molar-refractivity contribution in [3.8, 4) is 6.19 Å². The lowest BCUT2D eigenvalue weighted by Gasteiger charge is -2.01. The van der Waals surface area contributed by atoms with Gasteiger partial charge in [-0.1, -0.05) is 11.8 Å². The van der Waals surface area contributed by atoms with Crippen molar-refractivity contribution in [1.29, 1.82) is 5.26 Å². The van der Waals surface area contributed by atoms with Crippen molar-refractivity contribution >= 4 is 28.6 Å². The first kappa shape index (κ1) is 13.1. The quantitative estimate of drug-likeness (QED) is 0.285. The monoisotopic (exact) mass is 249 g/mol. The number of carbonyl (C=O) groups is 1. The molecule has 1 aromatic rings. The van der Waals surface area contributed by atoms with E-state index in [1.165, 1.54) is 18.9 Å². The second-order valence-corrected chi connectivity index (χ2v) is 3.69. The van der Waals surface area contributed by atoms with E-state index in [2.05, 4.69) is 15.0 Å². The lowest BCUT2D eigenvalue weighted by atomic mass is 10.2. The summed E-state index contributed by atoms with van der Waals surface area (Å²) in [7, 11) is 1.33. The van der Waals surface area contributed by atoms with Crippen LogP contribution in [0.1, 0.15) is 10.4 Å². The zero-order valence-corrected chi connectivity index (χ0v) is 10.2. The minimum Gasteiger partial charge on any atom is -0.465 e. The Bertz CT molecular complexity index is 463. The number of hydrogen-bond acceptors (Lipinski definition) is 5. The van der Waals surface area contributed by atoms with Gasteiger partial charge >= 0.3 is 5.97 Å². The normalized spacial score (nSPS) is 10.5. The van der Waals surface area contributed by atoms with E-state index >= 15 is 0 Å². The van der Waals surface area contributed by atoms with E-state index in [4.69, 9.17) is 5.26 Å². The molecule has 0 saturated carbocycles. The Hall–Kier alpha value is -2.00. The van der Waals surface area contributed by atoms with Crippen LogP contribution >= 0.6 is 11.8 Å². The number of nitriles is 1. The number of nitrogens with zero attached hydrogens (tertiary/aromatic N) is 2. The van der Waals surface area contributed by atoms with Crippen LogP contribution in [0.25, 0.3) is 0 Å². The minimum atomic E-state index is -0.388. The first-order valence-electron chi connectivity index (χ1n) is 4.67. The van der Waals surface area contributed by atoms with Crippen molar-refractivity contribution < 1.29 is 9.53 Å². The lowest BCUT2D eigenvalue weighted by molar-refractivity contribution is 0.0601. The lowest BCUT2D eigenvalue weighted by Crippen LogP contribution is -2.12. The van der Waals surface area contributed by atoms with E-state index in [0.717, 1.165) is 0 Å². The molecule has 0 heterocycles. The number of methoxy groups -OCH3 is 1. The molecule has 0 fully saturated rings. The second-order valence-electron chi connectivity index (χ2n) is 2.90. The SMILES string of the molecule is COC(=O)c1ccc(N=C(NC#N)SC)cc1. The zero-order valence-electron chi connectivity index (χ0n) is 9.43. The molecule has 88 valence electrons. The summed E-state index contributed by atoms with van der Waals surface area (Å²) in [6.45, 7) is 0. The highest BCUT2D eigenvalue weighted by atomic mass is 32.2. The average molecular weight is 249 g/mol. The van der Waals surface area contributed by atoms with E-state index in [9.17, 15) is 4.79 Å². The van der Waals surface area contributed by atoms with E-state index in [1.54, 1.807) is 30.5 Å². The number of esters is 1. The van der Waals surface area contributed by atoms with Gasteiger partial charge in [-0.2, -0.15) is 5.26 Å². The fourth-order valence-electron chi connectivity index (χ4n) is 1.08. The number of ether oxygens (including phenoxy) is 1. The van der Waals surface area contributed by atoms with Gasteiger partial charge in [0.05, 0.1) is 18.4 Å². The molecular weight excluding hydrogens is 238 g/mol. The van der Waals surface area contributed by atoms with Gasteiger partial charge in [0.15, 0.2) is 11.4 Å². The van der Waals surface area contributed by atoms with E-state index in [-0.39, 0.29) is 5.97 Å². The van der Waals surface area contributed by atoms with Gasteiger partial charge in [0.25, 0.3) is 0 Å². The molecule has 0 radical (unpaired) electrons. The van der Waals surface area contributed by atoms with Crippen LogP contribution in [0.15, 0.2) is 29.3 Å². The average Bonchev–Trinajstić information content (AvgIpc) is 2.38. The number of carbonyl (C=O) groups excluding carboxylic acids is 1. The third kappa shape index (κ3) is 3.81. The largest absolute Gasteiger partial charge is 0.465 e. The maximum Gasteiger partial charge on any atom is 0.337 e. The van der Waals surface area contributed by atoms with Crippen LogP contribution in [-0.4, -0.2) is 24.5 Å². The Morgan fingerprint density at radius 2 is 2.12 bits per heavy atom. The number of amidine groups is 1. The van der Waals surface area contributed by atoms with Gasteiger partial charge in [0.1, 0.15) is 0 Å². The number of aliphatic imine (C=N–C) groups is 1. The Kier molecular flexibility index (Phi) is 5.04. The Balaban J connectivity index is 2.88. The summed E-state index contributed by atoms with van der Waals surface area (Å²) in [5.41, 5.74) is 1.12. The molecule has 5 nitrogen and oxygen atoms in total. The van der Waals surface area contributed by atoms with Crippen LogP contribution in [0.2, 0.25) is 0 Å². The molecule has 0 spiro atoms. The van der Waals surface area contributed by atoms with Crippen LogP contribution < -0.4 is 5.32 Å². The van der Waals surface area contributed by atoms with E-state index < -0.39 is 0 Å². The molecule has 1 N–H and O–H groups in total. The molecule has 0 aliphatic carbocycles. The zero-order chi connectivity index (χ0) is 12.7. The van der Waals surface area contributed by atoms with Gasteiger partial charge in [-0.3, -0.25) is 5.32 Å². The van der Waals surface area contributed by atoms with Crippen molar-refractivity contribution in [3.05, 3.63) is 29.8 Å². The summed E-state index contributed by atoms with van der Waals surface area (Å²) in [5.74, 6) is -0.388. The summed E-state index contributed by atoms with van der Waals surface area (Å²) in [5, 5.41) is 11.4. The molecule has 1 rings (SSSR count). The van der Waals surface area contributed by atoms with Gasteiger partial charge in [0.2, 0.25) is 0 Å². The highest BCUT2D eigenvalue weighted by molar-refractivity contribution is 8.13. The minimum absolute atomic E-state index is 0.388. The first-order valence-corrected chi connectivity index (χ1v) is 5.90. The second kappa shape index (κ2) is 6.55. The van der Waals surface area contributed by atoms with Crippen molar-refractivity contribution in [2.24, 2.45) is 4.99 Å². The molecule has 6 heteroatoms. The number of hydrogen-bond donors (Lipinski definition) is 1. The Morgan fingerprint density at radius 3 is 2.59 bits per heavy atom. The number of rotatable bonds is 2. The summed E-state index contributed by atoms with van der Waals surface area (Å²) in [6.07, 6.45) is 3.61. The summed E-state index contributed by atoms with van der Waals surface area (Å²) in [6, 6.07) is 6.60. The van der Waals surface area contributed by atoms with Gasteiger partial charge in [-0.05, 0) is 30.5 Å². The molecule has 17 heavy (non-hydrogen) atoms. The molecule has 0 unspecified atom stereocenters. The molecule has 0 aliphatic rings. The maximum atomic E-state index is 11.2. The highest BCUT2D eigenvalue weighted by Crippen LogP contribution is 2.15. The van der Waals surface area contributed by atoms with Crippen LogP contribution in [-0.2, 0) is 4.74 Å². The van der Waals surface area contributed by atoms with Gasteiger partial charge in [-0.25, -0.2) is 9.79 Å². The molecule has 1 aromatic carbocycles. The topological polar surface area (TPSA) is 74.5 Å². The Labute approximate surface area is 103 Å². The number of benzene rings is 1. The summed E-state index contributed by atoms with van der Waals surface area (Å²) in [4.78, 5) is 15.4. The molecule has 0 aromatic heterocycles. The van der Waals surface area contributed by atoms with Gasteiger partial charge < -0.3 is 4.74 Å². The molecule has 0 saturated heterocycles. The van der Waals surface area contributed by atoms with Crippen molar-refractivity contribution in [3.63, 3.8) is 0 Å². The first-order chi connectivity index (χ1) is 8.21. The molecule has 0 bridgehead atoms. The van der Waals surface area contributed by atoms with E-state index in [0.29, 0.717) is 16.4 Å². The Morgan fingerprint density at radius 1 is 1.47 bits per heavy atom. The predicted octanol–water partition coefficient (Wildman–Crippen LogP) is 1.89. The molecule has 0 atom stereocenters. The van der Waals surface area contributed by atoms with Crippen LogP contribution in [0.3, 0.4) is 0 Å². The third-order valence-corrected chi connectivity index (χ3v) is 2.46.